The molecule has 0 aliphatic carbocycles. The quantitative estimate of drug-likeness (QED) is 0.742. The van der Waals surface area contributed by atoms with Crippen LogP contribution in [0.5, 0.6) is 0 Å². The number of amides is 2. The summed E-state index contributed by atoms with van der Waals surface area (Å²) in [4.78, 5) is 28.2. The maximum absolute atomic E-state index is 12.0. The number of hydrogen-bond acceptors (Lipinski definition) is 6. The van der Waals surface area contributed by atoms with Crippen LogP contribution < -0.4 is 15.5 Å². The summed E-state index contributed by atoms with van der Waals surface area (Å²) in [5.41, 5.74) is 2.19. The lowest BCUT2D eigenvalue weighted by atomic mass is 9.90. The lowest BCUT2D eigenvalue weighted by molar-refractivity contribution is -0.134. The summed E-state index contributed by atoms with van der Waals surface area (Å²) in [5.74, 6) is -0.551. The number of nitrogens with zero attached hydrogens (tertiary/aromatic N) is 2. The molecule has 3 aliphatic heterocycles. The number of carbonyl (C=O) groups is 2. The summed E-state index contributed by atoms with van der Waals surface area (Å²) in [7, 11) is 0. The molecule has 0 bridgehead atoms. The van der Waals surface area contributed by atoms with Gasteiger partial charge in [0.15, 0.2) is 0 Å². The number of carbonyl (C=O) groups excluding carboxylic acids is 2. The van der Waals surface area contributed by atoms with Gasteiger partial charge in [-0.1, -0.05) is 12.1 Å². The lowest BCUT2D eigenvalue weighted by Crippen LogP contribution is -2.51. The van der Waals surface area contributed by atoms with Crippen LogP contribution in [0.4, 0.5) is 5.69 Å². The van der Waals surface area contributed by atoms with E-state index in [4.69, 9.17) is 4.74 Å². The monoisotopic (exact) mass is 372 g/mol. The molecular weight excluding hydrogens is 344 g/mol. The van der Waals surface area contributed by atoms with Crippen LogP contribution in [0.3, 0.4) is 0 Å². The Labute approximate surface area is 160 Å². The molecule has 2 atom stereocenters. The molecule has 3 heterocycles. The molecule has 27 heavy (non-hydrogen) atoms. The standard InChI is InChI=1S/C20H28N4O3/c25-19-6-5-18(20(26)22-19)15-1-3-16(4-2-15)24-10-8-23(9-11-24)14-17-13-21-7-12-27-17/h1-4,17-18,21H,5-14H2,(H,22,25,26)/t17-,18?/m1/s1. The maximum atomic E-state index is 12.0. The Balaban J connectivity index is 1.29. The molecule has 1 aromatic carbocycles. The molecule has 2 N–H and O–H groups in total. The number of imide groups is 1. The molecule has 4 rings (SSSR count). The third kappa shape index (κ3) is 4.48. The van der Waals surface area contributed by atoms with Gasteiger partial charge in [0.2, 0.25) is 11.8 Å². The highest BCUT2D eigenvalue weighted by molar-refractivity contribution is 6.00. The lowest BCUT2D eigenvalue weighted by Gasteiger charge is -2.38. The fraction of sp³-hybridized carbons (Fsp3) is 0.600. The molecule has 1 aromatic rings. The first-order chi connectivity index (χ1) is 13.2. The number of piperazine rings is 1. The molecule has 0 aromatic heterocycles. The van der Waals surface area contributed by atoms with Crippen molar-refractivity contribution in [2.75, 3.05) is 57.3 Å². The zero-order valence-electron chi connectivity index (χ0n) is 15.7. The van der Waals surface area contributed by atoms with Gasteiger partial charge in [-0.25, -0.2) is 0 Å². The number of anilines is 1. The highest BCUT2D eigenvalue weighted by Crippen LogP contribution is 2.27. The second-order valence-corrected chi connectivity index (χ2v) is 7.58. The van der Waals surface area contributed by atoms with Crippen LogP contribution in [0.15, 0.2) is 24.3 Å². The van der Waals surface area contributed by atoms with Gasteiger partial charge in [-0.15, -0.1) is 0 Å². The summed E-state index contributed by atoms with van der Waals surface area (Å²) in [6, 6.07) is 8.26. The number of nitrogens with one attached hydrogen (secondary N) is 2. The van der Waals surface area contributed by atoms with Gasteiger partial charge >= 0.3 is 0 Å². The minimum atomic E-state index is -0.210. The largest absolute Gasteiger partial charge is 0.374 e. The Morgan fingerprint density at radius 3 is 2.52 bits per heavy atom. The van der Waals surface area contributed by atoms with E-state index < -0.39 is 0 Å². The number of rotatable bonds is 4. The van der Waals surface area contributed by atoms with Crippen LogP contribution in [0.25, 0.3) is 0 Å². The van der Waals surface area contributed by atoms with Gasteiger partial charge in [-0.05, 0) is 24.1 Å². The molecular formula is C20H28N4O3. The summed E-state index contributed by atoms with van der Waals surface area (Å²) in [6.45, 7) is 7.78. The fourth-order valence-corrected chi connectivity index (χ4v) is 4.14. The molecule has 7 heteroatoms. The van der Waals surface area contributed by atoms with Gasteiger partial charge in [0.25, 0.3) is 0 Å². The highest BCUT2D eigenvalue weighted by atomic mass is 16.5. The predicted molar refractivity (Wildman–Crippen MR) is 103 cm³/mol. The Bertz CT molecular complexity index is 664. The van der Waals surface area contributed by atoms with E-state index in [1.807, 2.05) is 12.1 Å². The van der Waals surface area contributed by atoms with Crippen molar-refractivity contribution in [2.24, 2.45) is 0 Å². The van der Waals surface area contributed by atoms with E-state index in [-0.39, 0.29) is 17.7 Å². The van der Waals surface area contributed by atoms with Gasteiger partial charge in [0.05, 0.1) is 18.6 Å². The number of hydrogen-bond donors (Lipinski definition) is 2. The smallest absolute Gasteiger partial charge is 0.234 e. The van der Waals surface area contributed by atoms with Gasteiger partial charge in [0, 0.05) is 57.9 Å². The zero-order valence-corrected chi connectivity index (χ0v) is 15.7. The van der Waals surface area contributed by atoms with Crippen LogP contribution in [0.1, 0.15) is 24.3 Å². The van der Waals surface area contributed by atoms with Crippen LogP contribution in [0.2, 0.25) is 0 Å². The molecule has 0 saturated carbocycles. The SMILES string of the molecule is O=C1CCC(c2ccc(N3CCN(C[C@H]4CNCCO4)CC3)cc2)C(=O)N1. The molecule has 3 aliphatic rings. The second kappa shape index (κ2) is 8.37. The Kier molecular flexibility index (Phi) is 5.71. The third-order valence-corrected chi connectivity index (χ3v) is 5.74. The number of benzene rings is 1. The topological polar surface area (TPSA) is 73.9 Å². The normalized spacial score (nSPS) is 27.5. The number of piperidine rings is 1. The molecule has 0 radical (unpaired) electrons. The Hall–Kier alpha value is -1.96. The van der Waals surface area contributed by atoms with E-state index in [1.54, 1.807) is 0 Å². The molecule has 7 nitrogen and oxygen atoms in total. The number of morpholine rings is 1. The van der Waals surface area contributed by atoms with E-state index in [9.17, 15) is 9.59 Å². The van der Waals surface area contributed by atoms with Crippen molar-refractivity contribution in [3.63, 3.8) is 0 Å². The average Bonchev–Trinajstić information content (AvgIpc) is 2.70. The maximum Gasteiger partial charge on any atom is 0.234 e. The van der Waals surface area contributed by atoms with Crippen LogP contribution >= 0.6 is 0 Å². The fourth-order valence-electron chi connectivity index (χ4n) is 4.14. The highest BCUT2D eigenvalue weighted by Gasteiger charge is 2.28. The van der Waals surface area contributed by atoms with Crippen molar-refractivity contribution in [2.45, 2.75) is 24.9 Å². The molecule has 3 saturated heterocycles. The first-order valence-electron chi connectivity index (χ1n) is 9.92. The van der Waals surface area contributed by atoms with Gasteiger partial charge in [0.1, 0.15) is 0 Å². The van der Waals surface area contributed by atoms with E-state index in [1.165, 1.54) is 5.69 Å². The summed E-state index contributed by atoms with van der Waals surface area (Å²) in [5, 5.41) is 5.82. The predicted octanol–water partition coefficient (Wildman–Crippen LogP) is 0.317. The van der Waals surface area contributed by atoms with Crippen molar-refractivity contribution >= 4 is 17.5 Å². The average molecular weight is 372 g/mol. The van der Waals surface area contributed by atoms with Crippen LogP contribution in [-0.4, -0.2) is 75.2 Å². The van der Waals surface area contributed by atoms with Gasteiger partial charge in [-0.2, -0.15) is 0 Å². The Morgan fingerprint density at radius 2 is 1.85 bits per heavy atom. The van der Waals surface area contributed by atoms with Crippen molar-refractivity contribution in [1.82, 2.24) is 15.5 Å². The number of ether oxygens (including phenoxy) is 1. The summed E-state index contributed by atoms with van der Waals surface area (Å²) in [6.07, 6.45) is 1.32. The minimum absolute atomic E-state index is 0.167. The molecule has 3 fully saturated rings. The summed E-state index contributed by atoms with van der Waals surface area (Å²) >= 11 is 0. The molecule has 2 amide bonds. The van der Waals surface area contributed by atoms with E-state index in [0.29, 0.717) is 18.9 Å². The molecule has 0 spiro atoms. The van der Waals surface area contributed by atoms with Crippen LogP contribution in [-0.2, 0) is 14.3 Å². The van der Waals surface area contributed by atoms with E-state index in [0.717, 1.165) is 58.0 Å². The first-order valence-corrected chi connectivity index (χ1v) is 9.92. The Morgan fingerprint density at radius 1 is 1.07 bits per heavy atom. The van der Waals surface area contributed by atoms with E-state index >= 15 is 0 Å². The van der Waals surface area contributed by atoms with E-state index in [2.05, 4.69) is 32.6 Å². The van der Waals surface area contributed by atoms with Crippen molar-refractivity contribution in [3.8, 4) is 0 Å². The van der Waals surface area contributed by atoms with Crippen molar-refractivity contribution in [3.05, 3.63) is 29.8 Å². The van der Waals surface area contributed by atoms with Gasteiger partial charge < -0.3 is 15.0 Å². The van der Waals surface area contributed by atoms with Crippen molar-refractivity contribution < 1.29 is 14.3 Å². The minimum Gasteiger partial charge on any atom is -0.374 e. The second-order valence-electron chi connectivity index (χ2n) is 7.58. The van der Waals surface area contributed by atoms with Crippen LogP contribution in [0, 0.1) is 0 Å². The third-order valence-electron chi connectivity index (χ3n) is 5.74. The van der Waals surface area contributed by atoms with Gasteiger partial charge in [-0.3, -0.25) is 19.8 Å². The molecule has 146 valence electrons. The van der Waals surface area contributed by atoms with Crippen molar-refractivity contribution in [1.29, 1.82) is 0 Å². The molecule has 1 unspecified atom stereocenters. The summed E-state index contributed by atoms with van der Waals surface area (Å²) < 4.78 is 5.81. The first kappa shape index (κ1) is 18.4. The zero-order chi connectivity index (χ0) is 18.6.